The van der Waals surface area contributed by atoms with E-state index in [2.05, 4.69) is 31.9 Å². The normalized spacial score (nSPS) is 24.0. The van der Waals surface area contributed by atoms with E-state index < -0.39 is 68.1 Å². The van der Waals surface area contributed by atoms with E-state index in [1.807, 2.05) is 39.8 Å². The number of carbonyl (C=O) groups is 3. The Hall–Kier alpha value is -4.27. The second-order valence-corrected chi connectivity index (χ2v) is 17.0. The Morgan fingerprint density at radius 2 is 1.90 bits per heavy atom. The Balaban J connectivity index is 1.32. The molecule has 0 radical (unpaired) electrons. The van der Waals surface area contributed by atoms with Crippen molar-refractivity contribution < 1.29 is 32.3 Å². The van der Waals surface area contributed by atoms with Crippen LogP contribution in [-0.4, -0.2) is 83.6 Å². The number of hydrogen-bond acceptors (Lipinski definition) is 11. The largest absolute Gasteiger partial charge is 0.494 e. The topological polar surface area (TPSA) is 169 Å². The molecular formula is C36H43ClN6O7S. The molecule has 13 nitrogen and oxygen atoms in total. The average molecular weight is 739 g/mol. The maximum atomic E-state index is 14.2. The molecule has 3 aromatic rings. The minimum absolute atomic E-state index is 0.0530. The van der Waals surface area contributed by atoms with Gasteiger partial charge in [0.05, 0.1) is 24.6 Å². The van der Waals surface area contributed by atoms with Gasteiger partial charge in [0.25, 0.3) is 5.91 Å². The molecule has 15 heteroatoms. The maximum absolute atomic E-state index is 14.2. The molecule has 3 N–H and O–H groups in total. The fraction of sp³-hybridized carbons (Fsp3) is 0.472. The van der Waals surface area contributed by atoms with Crippen molar-refractivity contribution in [2.45, 2.75) is 82.4 Å². The van der Waals surface area contributed by atoms with Gasteiger partial charge in [0.1, 0.15) is 29.3 Å². The highest BCUT2D eigenvalue weighted by molar-refractivity contribution is 7.91. The van der Waals surface area contributed by atoms with E-state index in [1.54, 1.807) is 35.2 Å². The Morgan fingerprint density at radius 1 is 1.16 bits per heavy atom. The van der Waals surface area contributed by atoms with Crippen molar-refractivity contribution in [2.75, 3.05) is 19.0 Å². The van der Waals surface area contributed by atoms with Gasteiger partial charge in [0.2, 0.25) is 27.7 Å². The number of benzene rings is 1. The number of anilines is 1. The van der Waals surface area contributed by atoms with E-state index in [1.165, 1.54) is 13.3 Å². The van der Waals surface area contributed by atoms with Crippen LogP contribution in [0.5, 0.6) is 11.6 Å². The number of aryl methyl sites for hydroxylation is 1. The first-order chi connectivity index (χ1) is 24.1. The maximum Gasteiger partial charge on any atom is 0.254 e. The molecule has 3 fully saturated rings. The zero-order valence-corrected chi connectivity index (χ0v) is 30.8. The number of likely N-dealkylation sites (tertiary alicyclic amines) is 1. The van der Waals surface area contributed by atoms with Gasteiger partial charge in [0.15, 0.2) is 0 Å². The number of aromatic nitrogens is 2. The Bertz CT molecular complexity index is 2000. The minimum Gasteiger partial charge on any atom is -0.494 e. The number of pyridine rings is 2. The number of amides is 3. The number of methoxy groups -OCH3 is 1. The molecule has 1 saturated heterocycles. The van der Waals surface area contributed by atoms with Crippen molar-refractivity contribution in [1.29, 1.82) is 0 Å². The van der Waals surface area contributed by atoms with Crippen LogP contribution < -0.4 is 24.8 Å². The summed E-state index contributed by atoms with van der Waals surface area (Å²) in [4.78, 5) is 52.7. The van der Waals surface area contributed by atoms with E-state index in [9.17, 15) is 22.8 Å². The van der Waals surface area contributed by atoms with Gasteiger partial charge in [0, 0.05) is 40.4 Å². The number of imide groups is 1. The Kier molecular flexibility index (Phi) is 9.81. The second kappa shape index (κ2) is 13.7. The third-order valence-corrected chi connectivity index (χ3v) is 11.8. The summed E-state index contributed by atoms with van der Waals surface area (Å²) in [5.41, 5.74) is -1.28. The molecule has 3 heterocycles. The minimum atomic E-state index is -3.90. The lowest BCUT2D eigenvalue weighted by Gasteiger charge is -2.33. The first-order valence-corrected chi connectivity index (χ1v) is 18.8. The van der Waals surface area contributed by atoms with E-state index in [4.69, 9.17) is 21.1 Å². The zero-order valence-electron chi connectivity index (χ0n) is 29.2. The van der Waals surface area contributed by atoms with Crippen LogP contribution in [0.25, 0.3) is 10.8 Å². The highest BCUT2D eigenvalue weighted by Crippen LogP contribution is 2.53. The first-order valence-electron chi connectivity index (χ1n) is 16.9. The summed E-state index contributed by atoms with van der Waals surface area (Å²) in [6.07, 6.45) is 3.67. The lowest BCUT2D eigenvalue weighted by atomic mass is 9.86. The quantitative estimate of drug-likeness (QED) is 0.228. The lowest BCUT2D eigenvalue weighted by molar-refractivity contribution is -0.136. The molecule has 2 aromatic heterocycles. The van der Waals surface area contributed by atoms with Crippen LogP contribution in [0.2, 0.25) is 5.02 Å². The second-order valence-electron chi connectivity index (χ2n) is 14.6. The molecule has 51 heavy (non-hydrogen) atoms. The molecule has 0 spiro atoms. The number of halogens is 1. The highest BCUT2D eigenvalue weighted by atomic mass is 35.5. The van der Waals surface area contributed by atoms with Gasteiger partial charge in [-0.05, 0) is 61.9 Å². The summed E-state index contributed by atoms with van der Waals surface area (Å²) < 4.78 is 40.1. The number of nitrogens with zero attached hydrogens (tertiary/aromatic N) is 3. The molecule has 3 amide bonds. The first kappa shape index (κ1) is 36.5. The van der Waals surface area contributed by atoms with E-state index >= 15 is 0 Å². The van der Waals surface area contributed by atoms with Crippen LogP contribution >= 0.6 is 11.6 Å². The van der Waals surface area contributed by atoms with Crippen LogP contribution in [0.1, 0.15) is 52.1 Å². The van der Waals surface area contributed by atoms with Crippen molar-refractivity contribution in [3.63, 3.8) is 0 Å². The zero-order chi connectivity index (χ0) is 36.9. The van der Waals surface area contributed by atoms with E-state index in [0.29, 0.717) is 40.2 Å². The van der Waals surface area contributed by atoms with Crippen LogP contribution in [0.3, 0.4) is 0 Å². The van der Waals surface area contributed by atoms with Gasteiger partial charge < -0.3 is 14.8 Å². The molecule has 1 aliphatic heterocycles. The summed E-state index contributed by atoms with van der Waals surface area (Å²) >= 11 is 6.34. The van der Waals surface area contributed by atoms with Crippen molar-refractivity contribution >= 4 is 55.9 Å². The standard InChI is InChI=1S/C36H43ClN6O7S/c1-7-21-17-36(21,34(46)42-51(47,48)24-12-13-24)43-19-23(50-33-26-15-22(37)11-14-25(26)28(49-6)18-38-33)16-27(43)31(44)41-32(45)30(35(3,4)5)40-29-10-8-9-20(2)39-29/h7-11,14-15,18,21,23-24,27,30H,1,12-13,16-17,19H2,2-6H3,(H,39,40)(H,42,46)(H,41,44,45)/t21-,23-,27+,30-,36-/m1/s1. The number of ether oxygens (including phenoxy) is 2. The third-order valence-electron chi connectivity index (χ3n) is 9.77. The molecular weight excluding hydrogens is 696 g/mol. The summed E-state index contributed by atoms with van der Waals surface area (Å²) in [6, 6.07) is 8.70. The predicted octanol–water partition coefficient (Wildman–Crippen LogP) is 4.14. The van der Waals surface area contributed by atoms with Crippen molar-refractivity contribution in [3.8, 4) is 11.6 Å². The molecule has 0 bridgehead atoms. The molecule has 0 unspecified atom stereocenters. The molecule has 2 aliphatic carbocycles. The van der Waals surface area contributed by atoms with Gasteiger partial charge in [-0.15, -0.1) is 6.58 Å². The predicted molar refractivity (Wildman–Crippen MR) is 193 cm³/mol. The Morgan fingerprint density at radius 3 is 2.53 bits per heavy atom. The lowest BCUT2D eigenvalue weighted by Crippen LogP contribution is -2.59. The number of hydrogen-bond donors (Lipinski definition) is 3. The van der Waals surface area contributed by atoms with Crippen molar-refractivity contribution in [1.82, 2.24) is 24.9 Å². The van der Waals surface area contributed by atoms with Gasteiger partial charge in [-0.25, -0.2) is 18.4 Å². The summed E-state index contributed by atoms with van der Waals surface area (Å²) in [5, 5.41) is 6.87. The molecule has 3 aliphatic rings. The number of fused-ring (bicyclic) bond motifs is 1. The number of sulfonamides is 1. The third kappa shape index (κ3) is 7.40. The van der Waals surface area contributed by atoms with E-state index in [0.717, 1.165) is 5.69 Å². The molecule has 1 aromatic carbocycles. The van der Waals surface area contributed by atoms with Crippen LogP contribution in [-0.2, 0) is 24.4 Å². The summed E-state index contributed by atoms with van der Waals surface area (Å²) in [7, 11) is -2.37. The average Bonchev–Trinajstić information content (AvgIpc) is 4.00. The van der Waals surface area contributed by atoms with Crippen LogP contribution in [0.15, 0.2) is 55.3 Å². The molecule has 6 rings (SSSR count). The summed E-state index contributed by atoms with van der Waals surface area (Å²) in [5.74, 6) is -1.18. The SMILES string of the molecule is C=C[C@@H]1C[C@@]1(C(=O)NS(=O)(=O)C1CC1)N1C[C@H](Oc2ncc(OC)c3ccc(Cl)cc23)C[C@H]1C(=O)NC(=O)[C@@H](Nc1cccc(C)n1)C(C)(C)C. The number of nitrogens with one attached hydrogen (secondary N) is 3. The molecule has 272 valence electrons. The van der Waals surface area contributed by atoms with Gasteiger partial charge >= 0.3 is 0 Å². The Labute approximate surface area is 302 Å². The van der Waals surface area contributed by atoms with Crippen LogP contribution in [0, 0.1) is 18.3 Å². The summed E-state index contributed by atoms with van der Waals surface area (Å²) in [6.45, 7) is 11.4. The molecule has 5 atom stereocenters. The van der Waals surface area contributed by atoms with E-state index in [-0.39, 0.29) is 25.3 Å². The van der Waals surface area contributed by atoms with Gasteiger partial charge in [-0.2, -0.15) is 0 Å². The fourth-order valence-corrected chi connectivity index (χ4v) is 8.36. The molecule has 2 saturated carbocycles. The smallest absolute Gasteiger partial charge is 0.254 e. The van der Waals surface area contributed by atoms with Gasteiger partial charge in [-0.3, -0.25) is 29.3 Å². The van der Waals surface area contributed by atoms with Crippen molar-refractivity contribution in [2.24, 2.45) is 11.3 Å². The van der Waals surface area contributed by atoms with Gasteiger partial charge in [-0.1, -0.05) is 44.5 Å². The fourth-order valence-electron chi connectivity index (χ4n) is 6.83. The number of carbonyl (C=O) groups excluding carboxylic acids is 3. The van der Waals surface area contributed by atoms with Crippen LogP contribution in [0.4, 0.5) is 5.82 Å². The van der Waals surface area contributed by atoms with Crippen molar-refractivity contribution in [3.05, 3.63) is 66.0 Å². The monoisotopic (exact) mass is 738 g/mol. The highest BCUT2D eigenvalue weighted by Gasteiger charge is 2.67. The number of rotatable bonds is 12.